The normalized spacial score (nSPS) is 15.4. The predicted octanol–water partition coefficient (Wildman–Crippen LogP) is 3.40. The molecule has 1 fully saturated rings. The molecular formula is C19H19FN2O. The van der Waals surface area contributed by atoms with E-state index in [1.807, 2.05) is 6.07 Å². The molecule has 23 heavy (non-hydrogen) atoms. The van der Waals surface area contributed by atoms with Crippen LogP contribution in [0.3, 0.4) is 0 Å². The monoisotopic (exact) mass is 310 g/mol. The molecule has 1 aliphatic rings. The molecule has 0 amide bonds. The first kappa shape index (κ1) is 15.7. The Kier molecular flexibility index (Phi) is 4.71. The summed E-state index contributed by atoms with van der Waals surface area (Å²) >= 11 is 0. The second-order valence-corrected chi connectivity index (χ2v) is 6.00. The van der Waals surface area contributed by atoms with Gasteiger partial charge in [0.2, 0.25) is 0 Å². The topological polar surface area (TPSA) is 47.3 Å². The lowest BCUT2D eigenvalue weighted by atomic mass is 10.1. The summed E-state index contributed by atoms with van der Waals surface area (Å²) in [6.45, 7) is 0.968. The maximum absolute atomic E-state index is 13.9. The van der Waals surface area contributed by atoms with E-state index in [0.29, 0.717) is 30.3 Å². The summed E-state index contributed by atoms with van der Waals surface area (Å²) < 4.78 is 13.9. The van der Waals surface area contributed by atoms with Gasteiger partial charge in [0.25, 0.3) is 0 Å². The van der Waals surface area contributed by atoms with Gasteiger partial charge in [-0.25, -0.2) is 4.39 Å². The van der Waals surface area contributed by atoms with E-state index in [9.17, 15) is 9.50 Å². The fourth-order valence-electron chi connectivity index (χ4n) is 2.74. The second-order valence-electron chi connectivity index (χ2n) is 6.00. The molecule has 0 aliphatic heterocycles. The van der Waals surface area contributed by atoms with Gasteiger partial charge in [-0.15, -0.1) is 0 Å². The van der Waals surface area contributed by atoms with Crippen LogP contribution < -0.4 is 0 Å². The fraction of sp³-hybridized carbons (Fsp3) is 0.316. The van der Waals surface area contributed by atoms with E-state index in [4.69, 9.17) is 5.26 Å². The van der Waals surface area contributed by atoms with E-state index in [0.717, 1.165) is 18.4 Å². The zero-order valence-electron chi connectivity index (χ0n) is 12.8. The molecule has 1 atom stereocenters. The van der Waals surface area contributed by atoms with Crippen molar-refractivity contribution in [3.8, 4) is 6.07 Å². The Morgan fingerprint density at radius 1 is 1.17 bits per heavy atom. The molecule has 1 N–H and O–H groups in total. The van der Waals surface area contributed by atoms with Crippen molar-refractivity contribution in [1.82, 2.24) is 4.90 Å². The van der Waals surface area contributed by atoms with Crippen molar-refractivity contribution < 1.29 is 9.50 Å². The van der Waals surface area contributed by atoms with Gasteiger partial charge in [-0.05, 0) is 36.6 Å². The number of benzene rings is 2. The van der Waals surface area contributed by atoms with Gasteiger partial charge in [0.1, 0.15) is 5.82 Å². The Morgan fingerprint density at radius 3 is 2.48 bits per heavy atom. The van der Waals surface area contributed by atoms with Crippen LogP contribution in [-0.4, -0.2) is 22.6 Å². The third kappa shape index (κ3) is 3.95. The molecule has 1 saturated carbocycles. The Labute approximate surface area is 135 Å². The van der Waals surface area contributed by atoms with Crippen LogP contribution in [-0.2, 0) is 6.54 Å². The molecule has 0 bridgehead atoms. The maximum atomic E-state index is 13.9. The lowest BCUT2D eigenvalue weighted by molar-refractivity contribution is 0.104. The molecular weight excluding hydrogens is 291 g/mol. The van der Waals surface area contributed by atoms with Crippen molar-refractivity contribution in [3.63, 3.8) is 0 Å². The zero-order valence-corrected chi connectivity index (χ0v) is 12.8. The van der Waals surface area contributed by atoms with E-state index in [1.165, 1.54) is 6.07 Å². The Bertz CT molecular complexity index is 704. The molecule has 2 aromatic carbocycles. The number of halogens is 1. The lowest BCUT2D eigenvalue weighted by Gasteiger charge is -2.25. The summed E-state index contributed by atoms with van der Waals surface area (Å²) in [5.74, 6) is -0.203. The number of aliphatic hydroxyl groups excluding tert-OH is 1. The van der Waals surface area contributed by atoms with Crippen LogP contribution in [0, 0.1) is 17.1 Å². The third-order valence-corrected chi connectivity index (χ3v) is 4.23. The Hall–Kier alpha value is -2.22. The highest BCUT2D eigenvalue weighted by Crippen LogP contribution is 2.30. The molecule has 118 valence electrons. The first-order chi connectivity index (χ1) is 11.2. The van der Waals surface area contributed by atoms with Crippen LogP contribution in [0.1, 0.15) is 35.6 Å². The number of hydrogen-bond acceptors (Lipinski definition) is 3. The molecule has 3 nitrogen and oxygen atoms in total. The largest absolute Gasteiger partial charge is 0.387 e. The minimum atomic E-state index is -0.643. The molecule has 0 heterocycles. The SMILES string of the molecule is N#Cc1ccc(C(O)CN(Cc2ccccc2F)C2CC2)cc1. The molecule has 1 aliphatic carbocycles. The van der Waals surface area contributed by atoms with Crippen LogP contribution in [0.5, 0.6) is 0 Å². The highest BCUT2D eigenvalue weighted by Gasteiger charge is 2.31. The highest BCUT2D eigenvalue weighted by atomic mass is 19.1. The number of rotatable bonds is 6. The van der Waals surface area contributed by atoms with E-state index < -0.39 is 6.10 Å². The van der Waals surface area contributed by atoms with E-state index >= 15 is 0 Å². The molecule has 4 heteroatoms. The van der Waals surface area contributed by atoms with Gasteiger partial charge in [0, 0.05) is 24.7 Å². The van der Waals surface area contributed by atoms with Crippen molar-refractivity contribution in [2.24, 2.45) is 0 Å². The molecule has 2 aromatic rings. The zero-order chi connectivity index (χ0) is 16.2. The van der Waals surface area contributed by atoms with Gasteiger partial charge < -0.3 is 5.11 Å². The maximum Gasteiger partial charge on any atom is 0.127 e. The smallest absolute Gasteiger partial charge is 0.127 e. The summed E-state index contributed by atoms with van der Waals surface area (Å²) in [5, 5.41) is 19.3. The molecule has 1 unspecified atom stereocenters. The number of nitriles is 1. The number of hydrogen-bond donors (Lipinski definition) is 1. The van der Waals surface area contributed by atoms with Gasteiger partial charge in [-0.3, -0.25) is 4.90 Å². The van der Waals surface area contributed by atoms with Crippen molar-refractivity contribution in [2.75, 3.05) is 6.54 Å². The molecule has 0 saturated heterocycles. The van der Waals surface area contributed by atoms with Crippen molar-refractivity contribution in [1.29, 1.82) is 5.26 Å². The van der Waals surface area contributed by atoms with Crippen molar-refractivity contribution in [3.05, 3.63) is 71.0 Å². The summed E-state index contributed by atoms with van der Waals surface area (Å²) in [5.41, 5.74) is 2.01. The standard InChI is InChI=1S/C19H19FN2O/c20-18-4-2-1-3-16(18)12-22(17-9-10-17)13-19(23)15-7-5-14(11-21)6-8-15/h1-8,17,19,23H,9-10,12-13H2. The van der Waals surface area contributed by atoms with Gasteiger partial charge in [0.15, 0.2) is 0 Å². The lowest BCUT2D eigenvalue weighted by Crippen LogP contribution is -2.30. The third-order valence-electron chi connectivity index (χ3n) is 4.23. The molecule has 3 rings (SSSR count). The average Bonchev–Trinajstić information content (AvgIpc) is 3.41. The minimum absolute atomic E-state index is 0.203. The minimum Gasteiger partial charge on any atom is -0.387 e. The van der Waals surface area contributed by atoms with Crippen LogP contribution in [0.15, 0.2) is 48.5 Å². The van der Waals surface area contributed by atoms with E-state index in [1.54, 1.807) is 36.4 Å². The van der Waals surface area contributed by atoms with Crippen LogP contribution in [0.2, 0.25) is 0 Å². The number of aliphatic hydroxyl groups is 1. The first-order valence-corrected chi connectivity index (χ1v) is 7.83. The predicted molar refractivity (Wildman–Crippen MR) is 85.9 cm³/mol. The molecule has 0 aromatic heterocycles. The van der Waals surface area contributed by atoms with Crippen molar-refractivity contribution in [2.45, 2.75) is 31.5 Å². The summed E-state index contributed by atoms with van der Waals surface area (Å²) in [6, 6.07) is 16.2. The first-order valence-electron chi connectivity index (χ1n) is 7.83. The molecule has 0 spiro atoms. The van der Waals surface area contributed by atoms with Crippen molar-refractivity contribution >= 4 is 0 Å². The van der Waals surface area contributed by atoms with Gasteiger partial charge in [0.05, 0.1) is 17.7 Å². The van der Waals surface area contributed by atoms with Crippen LogP contribution in [0.25, 0.3) is 0 Å². The summed E-state index contributed by atoms with van der Waals surface area (Å²) in [7, 11) is 0. The molecule has 0 radical (unpaired) electrons. The Balaban J connectivity index is 1.69. The van der Waals surface area contributed by atoms with Crippen LogP contribution in [0.4, 0.5) is 4.39 Å². The Morgan fingerprint density at radius 2 is 1.87 bits per heavy atom. The van der Waals surface area contributed by atoms with Crippen LogP contribution >= 0.6 is 0 Å². The second kappa shape index (κ2) is 6.91. The quantitative estimate of drug-likeness (QED) is 0.889. The average molecular weight is 310 g/mol. The highest BCUT2D eigenvalue weighted by molar-refractivity contribution is 5.32. The van der Waals surface area contributed by atoms with E-state index in [2.05, 4.69) is 11.0 Å². The van der Waals surface area contributed by atoms with Gasteiger partial charge in [-0.1, -0.05) is 30.3 Å². The summed E-state index contributed by atoms with van der Waals surface area (Å²) in [6.07, 6.45) is 1.54. The number of nitrogens with zero attached hydrogens (tertiary/aromatic N) is 2. The summed E-state index contributed by atoms with van der Waals surface area (Å²) in [4.78, 5) is 2.14. The van der Waals surface area contributed by atoms with Gasteiger partial charge in [-0.2, -0.15) is 5.26 Å². The van der Waals surface area contributed by atoms with E-state index in [-0.39, 0.29) is 5.82 Å². The van der Waals surface area contributed by atoms with Gasteiger partial charge >= 0.3 is 0 Å². The fourth-order valence-corrected chi connectivity index (χ4v) is 2.74.